The van der Waals surface area contributed by atoms with Crippen LogP contribution in [0.3, 0.4) is 0 Å². The molecule has 1 heteroatoms. The molecular formula is C17H23N. The first-order valence-electron chi connectivity index (χ1n) is 7.27. The first-order valence-corrected chi connectivity index (χ1v) is 7.27. The highest BCUT2D eigenvalue weighted by Gasteiger charge is 2.29. The molecule has 1 aromatic carbocycles. The van der Waals surface area contributed by atoms with Crippen LogP contribution in [0, 0.1) is 11.8 Å². The summed E-state index contributed by atoms with van der Waals surface area (Å²) in [5.74, 6) is 1.61. The molecule has 96 valence electrons. The number of piperidine rings is 1. The molecule has 0 amide bonds. The molecule has 18 heavy (non-hydrogen) atoms. The van der Waals surface area contributed by atoms with Crippen molar-refractivity contribution in [1.29, 1.82) is 0 Å². The van der Waals surface area contributed by atoms with Crippen LogP contribution in [0.1, 0.15) is 31.4 Å². The van der Waals surface area contributed by atoms with Crippen molar-refractivity contribution in [3.05, 3.63) is 41.5 Å². The summed E-state index contributed by atoms with van der Waals surface area (Å²) < 4.78 is 0. The number of rotatable bonds is 1. The van der Waals surface area contributed by atoms with Gasteiger partial charge in [-0.05, 0) is 61.4 Å². The summed E-state index contributed by atoms with van der Waals surface area (Å²) in [6.45, 7) is 8.32. The summed E-state index contributed by atoms with van der Waals surface area (Å²) in [6.07, 6.45) is 5.14. The molecule has 0 aromatic heterocycles. The Bertz CT molecular complexity index is 460. The lowest BCUT2D eigenvalue weighted by Gasteiger charge is -2.36. The van der Waals surface area contributed by atoms with Gasteiger partial charge < -0.3 is 4.90 Å². The molecule has 2 atom stereocenters. The quantitative estimate of drug-likeness (QED) is 0.726. The van der Waals surface area contributed by atoms with Crippen molar-refractivity contribution in [3.8, 4) is 0 Å². The Morgan fingerprint density at radius 2 is 2.11 bits per heavy atom. The van der Waals surface area contributed by atoms with Gasteiger partial charge in [0.05, 0.1) is 0 Å². The van der Waals surface area contributed by atoms with E-state index in [4.69, 9.17) is 0 Å². The summed E-state index contributed by atoms with van der Waals surface area (Å²) in [5.41, 5.74) is 4.52. The fraction of sp³-hybridized carbons (Fsp3) is 0.529. The fourth-order valence-corrected chi connectivity index (χ4v) is 3.62. The first kappa shape index (κ1) is 12.0. The van der Waals surface area contributed by atoms with Crippen molar-refractivity contribution in [2.75, 3.05) is 19.6 Å². The standard InChI is InChI=1S/C17H23N/c1-3-18-9-8-14-10-13(2)17-7-5-4-6-15(17)11-16(14)12-18/h4-7,10,14,16H,3,8-9,11-12H2,1-2H3/t14-,16+/m0/s1. The first-order chi connectivity index (χ1) is 8.78. The molecule has 1 aliphatic heterocycles. The maximum Gasteiger partial charge on any atom is 0.00184 e. The van der Waals surface area contributed by atoms with Crippen LogP contribution in [-0.4, -0.2) is 24.5 Å². The maximum atomic E-state index is 2.61. The highest BCUT2D eigenvalue weighted by atomic mass is 15.1. The Balaban J connectivity index is 1.93. The molecule has 1 aliphatic carbocycles. The third-order valence-corrected chi connectivity index (χ3v) is 4.71. The molecule has 1 saturated heterocycles. The normalized spacial score (nSPS) is 28.0. The van der Waals surface area contributed by atoms with Gasteiger partial charge >= 0.3 is 0 Å². The minimum absolute atomic E-state index is 0.792. The van der Waals surface area contributed by atoms with Crippen molar-refractivity contribution < 1.29 is 0 Å². The molecule has 1 nitrogen and oxygen atoms in total. The van der Waals surface area contributed by atoms with E-state index < -0.39 is 0 Å². The van der Waals surface area contributed by atoms with E-state index in [1.165, 1.54) is 43.6 Å². The minimum atomic E-state index is 0.792. The molecule has 0 unspecified atom stereocenters. The van der Waals surface area contributed by atoms with Crippen LogP contribution in [0.4, 0.5) is 0 Å². The van der Waals surface area contributed by atoms with Gasteiger partial charge in [-0.25, -0.2) is 0 Å². The molecule has 2 aliphatic rings. The topological polar surface area (TPSA) is 3.24 Å². The molecule has 1 heterocycles. The fourth-order valence-electron chi connectivity index (χ4n) is 3.62. The number of nitrogens with zero attached hydrogens (tertiary/aromatic N) is 1. The van der Waals surface area contributed by atoms with Gasteiger partial charge in [0, 0.05) is 6.54 Å². The van der Waals surface area contributed by atoms with Crippen LogP contribution in [0.25, 0.3) is 5.57 Å². The second-order valence-corrected chi connectivity index (χ2v) is 5.82. The molecule has 1 fully saturated rings. The average Bonchev–Trinajstić information content (AvgIpc) is 2.54. The summed E-state index contributed by atoms with van der Waals surface area (Å²) in [4.78, 5) is 2.61. The van der Waals surface area contributed by atoms with E-state index >= 15 is 0 Å². The van der Waals surface area contributed by atoms with E-state index in [9.17, 15) is 0 Å². The zero-order valence-corrected chi connectivity index (χ0v) is 11.5. The Hall–Kier alpha value is -1.08. The van der Waals surface area contributed by atoms with Gasteiger partial charge in [0.15, 0.2) is 0 Å². The smallest absolute Gasteiger partial charge is 0.00184 e. The van der Waals surface area contributed by atoms with Gasteiger partial charge in [-0.1, -0.05) is 37.3 Å². The summed E-state index contributed by atoms with van der Waals surface area (Å²) >= 11 is 0. The monoisotopic (exact) mass is 241 g/mol. The SMILES string of the molecule is CCN1CC[C@H]2C=C(C)c3ccccc3C[C@@H]2C1. The van der Waals surface area contributed by atoms with E-state index in [0.717, 1.165) is 11.8 Å². The third-order valence-electron chi connectivity index (χ3n) is 4.71. The van der Waals surface area contributed by atoms with Gasteiger partial charge in [0.2, 0.25) is 0 Å². The Morgan fingerprint density at radius 3 is 2.94 bits per heavy atom. The second kappa shape index (κ2) is 4.89. The highest BCUT2D eigenvalue weighted by Crippen LogP contribution is 2.35. The van der Waals surface area contributed by atoms with E-state index in [0.29, 0.717) is 0 Å². The van der Waals surface area contributed by atoms with Gasteiger partial charge in [0.1, 0.15) is 0 Å². The zero-order chi connectivity index (χ0) is 12.5. The van der Waals surface area contributed by atoms with Gasteiger partial charge in [-0.2, -0.15) is 0 Å². The molecule has 0 radical (unpaired) electrons. The Labute approximate surface area is 111 Å². The van der Waals surface area contributed by atoms with Crippen LogP contribution in [0.15, 0.2) is 30.3 Å². The Morgan fingerprint density at radius 1 is 1.28 bits per heavy atom. The predicted octanol–water partition coefficient (Wildman–Crippen LogP) is 3.60. The molecule has 1 aromatic rings. The third kappa shape index (κ3) is 2.12. The van der Waals surface area contributed by atoms with E-state index in [2.05, 4.69) is 49.1 Å². The van der Waals surface area contributed by atoms with Crippen molar-refractivity contribution in [2.24, 2.45) is 11.8 Å². The zero-order valence-electron chi connectivity index (χ0n) is 11.5. The number of benzene rings is 1. The van der Waals surface area contributed by atoms with E-state index in [-0.39, 0.29) is 0 Å². The number of hydrogen-bond donors (Lipinski definition) is 0. The van der Waals surface area contributed by atoms with Crippen molar-refractivity contribution in [1.82, 2.24) is 4.90 Å². The lowest BCUT2D eigenvalue weighted by Crippen LogP contribution is -2.40. The van der Waals surface area contributed by atoms with E-state index in [1.54, 1.807) is 5.56 Å². The number of hydrogen-bond acceptors (Lipinski definition) is 1. The minimum Gasteiger partial charge on any atom is -0.303 e. The van der Waals surface area contributed by atoms with Gasteiger partial charge in [-0.15, -0.1) is 0 Å². The lowest BCUT2D eigenvalue weighted by atomic mass is 9.82. The van der Waals surface area contributed by atoms with E-state index in [1.807, 2.05) is 0 Å². The van der Waals surface area contributed by atoms with Crippen molar-refractivity contribution in [2.45, 2.75) is 26.7 Å². The van der Waals surface area contributed by atoms with Crippen LogP contribution >= 0.6 is 0 Å². The molecule has 0 bridgehead atoms. The largest absolute Gasteiger partial charge is 0.303 e. The molecule has 0 spiro atoms. The summed E-state index contributed by atoms with van der Waals surface area (Å²) in [7, 11) is 0. The molecule has 0 N–H and O–H groups in total. The van der Waals surface area contributed by atoms with Crippen LogP contribution in [-0.2, 0) is 6.42 Å². The van der Waals surface area contributed by atoms with Gasteiger partial charge in [-0.3, -0.25) is 0 Å². The maximum absolute atomic E-state index is 2.61. The van der Waals surface area contributed by atoms with Crippen molar-refractivity contribution in [3.63, 3.8) is 0 Å². The molecular weight excluding hydrogens is 218 g/mol. The van der Waals surface area contributed by atoms with Crippen LogP contribution < -0.4 is 0 Å². The molecule has 0 saturated carbocycles. The molecule has 3 rings (SSSR count). The van der Waals surface area contributed by atoms with Crippen LogP contribution in [0.5, 0.6) is 0 Å². The summed E-state index contributed by atoms with van der Waals surface area (Å²) in [5, 5.41) is 0. The number of fused-ring (bicyclic) bond motifs is 2. The van der Waals surface area contributed by atoms with Gasteiger partial charge in [0.25, 0.3) is 0 Å². The predicted molar refractivity (Wildman–Crippen MR) is 77.5 cm³/mol. The second-order valence-electron chi connectivity index (χ2n) is 5.82. The van der Waals surface area contributed by atoms with Crippen molar-refractivity contribution >= 4 is 5.57 Å². The Kier molecular flexibility index (Phi) is 3.25. The average molecular weight is 241 g/mol. The van der Waals surface area contributed by atoms with Crippen LogP contribution in [0.2, 0.25) is 0 Å². The number of likely N-dealkylation sites (tertiary alicyclic amines) is 1. The highest BCUT2D eigenvalue weighted by molar-refractivity contribution is 5.67. The lowest BCUT2D eigenvalue weighted by molar-refractivity contribution is 0.148. The number of allylic oxidation sites excluding steroid dienone is 2. The summed E-state index contributed by atoms with van der Waals surface area (Å²) in [6, 6.07) is 8.96.